The molecule has 3 nitrogen and oxygen atoms in total. The van der Waals surface area contributed by atoms with E-state index in [9.17, 15) is 10.4 Å². The van der Waals surface area contributed by atoms with Gasteiger partial charge in [-0.15, -0.1) is 0 Å². The van der Waals surface area contributed by atoms with Crippen molar-refractivity contribution in [2.75, 3.05) is 18.1 Å². The van der Waals surface area contributed by atoms with E-state index >= 15 is 0 Å². The van der Waals surface area contributed by atoms with Crippen molar-refractivity contribution >= 4 is 17.3 Å². The van der Waals surface area contributed by atoms with Crippen LogP contribution in [0, 0.1) is 11.3 Å². The Balaban J connectivity index is 3.16. The van der Waals surface area contributed by atoms with Crippen LogP contribution in [0.5, 0.6) is 0 Å². The molecular formula is C14H19ClN2O. The van der Waals surface area contributed by atoms with Crippen molar-refractivity contribution in [1.82, 2.24) is 0 Å². The van der Waals surface area contributed by atoms with Crippen LogP contribution in [0.4, 0.5) is 5.69 Å². The Morgan fingerprint density at radius 3 is 2.56 bits per heavy atom. The fourth-order valence-electron chi connectivity index (χ4n) is 2.19. The largest absolute Gasteiger partial charge is 0.395 e. The monoisotopic (exact) mass is 266 g/mol. The molecule has 98 valence electrons. The van der Waals surface area contributed by atoms with Gasteiger partial charge >= 0.3 is 0 Å². The number of anilines is 1. The molecule has 1 N–H and O–H groups in total. The van der Waals surface area contributed by atoms with Crippen molar-refractivity contribution in [2.45, 2.75) is 32.7 Å². The van der Waals surface area contributed by atoms with Gasteiger partial charge in [0.1, 0.15) is 6.07 Å². The van der Waals surface area contributed by atoms with Crippen LogP contribution < -0.4 is 4.90 Å². The van der Waals surface area contributed by atoms with E-state index in [0.717, 1.165) is 18.5 Å². The lowest BCUT2D eigenvalue weighted by Crippen LogP contribution is -2.37. The Labute approximate surface area is 114 Å². The molecule has 0 aromatic heterocycles. The van der Waals surface area contributed by atoms with Gasteiger partial charge in [0, 0.05) is 17.6 Å². The molecule has 0 unspecified atom stereocenters. The fourth-order valence-corrected chi connectivity index (χ4v) is 2.36. The molecule has 0 amide bonds. The highest BCUT2D eigenvalue weighted by atomic mass is 35.5. The molecule has 0 saturated carbocycles. The second-order valence-corrected chi connectivity index (χ2v) is 4.60. The van der Waals surface area contributed by atoms with E-state index in [1.165, 1.54) is 0 Å². The van der Waals surface area contributed by atoms with E-state index in [1.54, 1.807) is 12.1 Å². The second-order valence-electron chi connectivity index (χ2n) is 4.16. The first-order valence-electron chi connectivity index (χ1n) is 6.25. The number of aliphatic hydroxyl groups is 1. The predicted molar refractivity (Wildman–Crippen MR) is 75.0 cm³/mol. The minimum Gasteiger partial charge on any atom is -0.395 e. The van der Waals surface area contributed by atoms with Crippen LogP contribution in [-0.2, 0) is 0 Å². The fraction of sp³-hybridized carbons (Fsp3) is 0.500. The maximum atomic E-state index is 9.21. The highest BCUT2D eigenvalue weighted by Gasteiger charge is 2.18. The first kappa shape index (κ1) is 14.8. The zero-order chi connectivity index (χ0) is 13.5. The molecule has 0 fully saturated rings. The molecule has 1 aromatic rings. The minimum absolute atomic E-state index is 0.0734. The van der Waals surface area contributed by atoms with E-state index < -0.39 is 0 Å². The topological polar surface area (TPSA) is 47.3 Å². The summed E-state index contributed by atoms with van der Waals surface area (Å²) < 4.78 is 0. The van der Waals surface area contributed by atoms with Gasteiger partial charge in [-0.1, -0.05) is 25.4 Å². The summed E-state index contributed by atoms with van der Waals surface area (Å²) in [5.74, 6) is 0. The van der Waals surface area contributed by atoms with Gasteiger partial charge in [-0.2, -0.15) is 5.26 Å². The molecule has 0 heterocycles. The molecule has 0 aliphatic carbocycles. The predicted octanol–water partition coefficient (Wildman–Crippen LogP) is 3.20. The molecule has 0 aliphatic rings. The number of nitriles is 1. The number of hydrogen-bond acceptors (Lipinski definition) is 3. The van der Waals surface area contributed by atoms with Crippen LogP contribution >= 0.6 is 11.6 Å². The SMILES string of the molecule is CCC(CC)N(CCO)c1ccc(Cl)cc1C#N. The number of nitrogens with zero attached hydrogens (tertiary/aromatic N) is 2. The Hall–Kier alpha value is -1.24. The summed E-state index contributed by atoms with van der Waals surface area (Å²) in [7, 11) is 0. The summed E-state index contributed by atoms with van der Waals surface area (Å²) >= 11 is 5.91. The van der Waals surface area contributed by atoms with Gasteiger partial charge in [0.25, 0.3) is 0 Å². The molecule has 0 radical (unpaired) electrons. The summed E-state index contributed by atoms with van der Waals surface area (Å²) in [5.41, 5.74) is 1.41. The summed E-state index contributed by atoms with van der Waals surface area (Å²) in [5, 5.41) is 19.0. The molecule has 0 spiro atoms. The molecule has 0 aliphatic heterocycles. The smallest absolute Gasteiger partial charge is 0.101 e. The van der Waals surface area contributed by atoms with Gasteiger partial charge in [0.15, 0.2) is 0 Å². The average Bonchev–Trinajstić information content (AvgIpc) is 2.39. The Morgan fingerprint density at radius 1 is 1.39 bits per heavy atom. The van der Waals surface area contributed by atoms with E-state index in [2.05, 4.69) is 24.8 Å². The Morgan fingerprint density at radius 2 is 2.06 bits per heavy atom. The molecular weight excluding hydrogens is 248 g/mol. The first-order chi connectivity index (χ1) is 8.67. The third-order valence-electron chi connectivity index (χ3n) is 3.11. The summed E-state index contributed by atoms with van der Waals surface area (Å²) in [6, 6.07) is 7.80. The first-order valence-corrected chi connectivity index (χ1v) is 6.62. The number of rotatable bonds is 6. The molecule has 0 bridgehead atoms. The lowest BCUT2D eigenvalue weighted by Gasteiger charge is -2.32. The van der Waals surface area contributed by atoms with Gasteiger partial charge in [-0.05, 0) is 31.0 Å². The van der Waals surface area contributed by atoms with Crippen LogP contribution in [0.2, 0.25) is 5.02 Å². The number of benzene rings is 1. The summed E-state index contributed by atoms with van der Waals surface area (Å²) in [6.07, 6.45) is 1.95. The quantitative estimate of drug-likeness (QED) is 0.860. The van der Waals surface area contributed by atoms with Crippen LogP contribution in [0.1, 0.15) is 32.3 Å². The Kier molecular flexibility index (Phi) is 5.97. The van der Waals surface area contributed by atoms with Gasteiger partial charge in [-0.25, -0.2) is 0 Å². The molecule has 1 rings (SSSR count). The van der Waals surface area contributed by atoms with Gasteiger partial charge in [0.05, 0.1) is 17.9 Å². The number of halogens is 1. The number of aliphatic hydroxyl groups excluding tert-OH is 1. The van der Waals surface area contributed by atoms with Crippen molar-refractivity contribution in [2.24, 2.45) is 0 Å². The Bertz CT molecular complexity index is 424. The zero-order valence-electron chi connectivity index (χ0n) is 10.9. The van der Waals surface area contributed by atoms with Crippen molar-refractivity contribution in [1.29, 1.82) is 5.26 Å². The second kappa shape index (κ2) is 7.25. The standard InChI is InChI=1S/C14H19ClN2O/c1-3-13(4-2)17(7-8-18)14-6-5-12(15)9-11(14)10-16/h5-6,9,13,18H,3-4,7-8H2,1-2H3. The van der Waals surface area contributed by atoms with E-state index in [4.69, 9.17) is 11.6 Å². The van der Waals surface area contributed by atoms with Crippen LogP contribution in [0.15, 0.2) is 18.2 Å². The van der Waals surface area contributed by atoms with Crippen LogP contribution in [0.3, 0.4) is 0 Å². The molecule has 4 heteroatoms. The van der Waals surface area contributed by atoms with Crippen LogP contribution in [-0.4, -0.2) is 24.3 Å². The highest BCUT2D eigenvalue weighted by Crippen LogP contribution is 2.27. The maximum Gasteiger partial charge on any atom is 0.101 e. The zero-order valence-corrected chi connectivity index (χ0v) is 11.6. The third-order valence-corrected chi connectivity index (χ3v) is 3.35. The molecule has 1 aromatic carbocycles. The normalized spacial score (nSPS) is 10.4. The molecule has 0 atom stereocenters. The van der Waals surface area contributed by atoms with Crippen molar-refractivity contribution in [3.63, 3.8) is 0 Å². The lowest BCUT2D eigenvalue weighted by atomic mass is 10.1. The minimum atomic E-state index is 0.0734. The highest BCUT2D eigenvalue weighted by molar-refractivity contribution is 6.30. The average molecular weight is 267 g/mol. The van der Waals surface area contributed by atoms with Crippen molar-refractivity contribution in [3.8, 4) is 6.07 Å². The van der Waals surface area contributed by atoms with Crippen molar-refractivity contribution < 1.29 is 5.11 Å². The van der Waals surface area contributed by atoms with Gasteiger partial charge in [-0.3, -0.25) is 0 Å². The lowest BCUT2D eigenvalue weighted by molar-refractivity contribution is 0.296. The maximum absolute atomic E-state index is 9.21. The van der Waals surface area contributed by atoms with Gasteiger partial charge < -0.3 is 10.0 Å². The third kappa shape index (κ3) is 3.38. The summed E-state index contributed by atoms with van der Waals surface area (Å²) in [4.78, 5) is 2.09. The van der Waals surface area contributed by atoms with Crippen molar-refractivity contribution in [3.05, 3.63) is 28.8 Å². The van der Waals surface area contributed by atoms with Gasteiger partial charge in [0.2, 0.25) is 0 Å². The van der Waals surface area contributed by atoms with Crippen LogP contribution in [0.25, 0.3) is 0 Å². The van der Waals surface area contributed by atoms with E-state index in [-0.39, 0.29) is 6.61 Å². The van der Waals surface area contributed by atoms with E-state index in [1.807, 2.05) is 6.07 Å². The number of hydrogen-bond donors (Lipinski definition) is 1. The van der Waals surface area contributed by atoms with E-state index in [0.29, 0.717) is 23.2 Å². The molecule has 0 saturated heterocycles. The summed E-state index contributed by atoms with van der Waals surface area (Å²) in [6.45, 7) is 4.83. The molecule has 18 heavy (non-hydrogen) atoms.